The van der Waals surface area contributed by atoms with Crippen molar-refractivity contribution in [2.24, 2.45) is 4.99 Å². The van der Waals surface area contributed by atoms with E-state index in [1.54, 1.807) is 7.05 Å². The molecule has 0 spiro atoms. The van der Waals surface area contributed by atoms with Gasteiger partial charge < -0.3 is 10.6 Å². The van der Waals surface area contributed by atoms with Crippen LogP contribution in [0.1, 0.15) is 17.0 Å². The summed E-state index contributed by atoms with van der Waals surface area (Å²) in [5.41, 5.74) is 2.61. The summed E-state index contributed by atoms with van der Waals surface area (Å²) in [4.78, 5) is 4.16. The fraction of sp³-hybridized carbons (Fsp3) is 0.235. The normalized spacial score (nSPS) is 11.4. The molecule has 2 N–H and O–H groups in total. The van der Waals surface area contributed by atoms with Crippen molar-refractivity contribution in [3.05, 3.63) is 71.8 Å². The lowest BCUT2D eigenvalue weighted by Crippen LogP contribution is -2.37. The molecule has 2 aromatic rings. The van der Waals surface area contributed by atoms with Gasteiger partial charge >= 0.3 is 0 Å². The third-order valence-electron chi connectivity index (χ3n) is 3.34. The zero-order chi connectivity index (χ0) is 14.2. The highest BCUT2D eigenvalue weighted by atomic mass is 15.1. The second-order valence-electron chi connectivity index (χ2n) is 4.58. The zero-order valence-electron chi connectivity index (χ0n) is 12.0. The van der Waals surface area contributed by atoms with Gasteiger partial charge in [-0.25, -0.2) is 0 Å². The van der Waals surface area contributed by atoms with Crippen LogP contribution < -0.4 is 10.6 Å². The first-order chi connectivity index (χ1) is 9.85. The molecular formula is C17H21N3. The van der Waals surface area contributed by atoms with E-state index in [-0.39, 0.29) is 0 Å². The van der Waals surface area contributed by atoms with Gasteiger partial charge in [-0.15, -0.1) is 0 Å². The predicted octanol–water partition coefficient (Wildman–Crippen LogP) is 2.61. The number of rotatable bonds is 4. The lowest BCUT2D eigenvalue weighted by atomic mass is 9.91. The molecule has 2 rings (SSSR count). The Morgan fingerprint density at radius 3 is 1.85 bits per heavy atom. The zero-order valence-corrected chi connectivity index (χ0v) is 12.0. The van der Waals surface area contributed by atoms with Crippen LogP contribution in [0.2, 0.25) is 0 Å². The standard InChI is InChI=1S/C17H21N3/c1-18-17(19-2)20-13-16(14-9-5-3-6-10-14)15-11-7-4-8-12-15/h3-12,16H,13H2,1-2H3,(H2,18,19,20). The van der Waals surface area contributed by atoms with Crippen LogP contribution in [0.3, 0.4) is 0 Å². The SMILES string of the molecule is CN=C(NC)NCC(c1ccccc1)c1ccccc1. The summed E-state index contributed by atoms with van der Waals surface area (Å²) < 4.78 is 0. The van der Waals surface area contributed by atoms with Gasteiger partial charge in [0.15, 0.2) is 5.96 Å². The number of hydrogen-bond acceptors (Lipinski definition) is 1. The molecule has 3 heteroatoms. The molecule has 0 bridgehead atoms. The molecule has 0 saturated carbocycles. The summed E-state index contributed by atoms with van der Waals surface area (Å²) in [6, 6.07) is 21.1. The predicted molar refractivity (Wildman–Crippen MR) is 85.1 cm³/mol. The van der Waals surface area contributed by atoms with Crippen LogP contribution in [0.5, 0.6) is 0 Å². The van der Waals surface area contributed by atoms with Gasteiger partial charge in [-0.3, -0.25) is 4.99 Å². The molecule has 0 atom stereocenters. The highest BCUT2D eigenvalue weighted by molar-refractivity contribution is 5.79. The fourth-order valence-corrected chi connectivity index (χ4v) is 2.28. The van der Waals surface area contributed by atoms with E-state index in [0.29, 0.717) is 5.92 Å². The third-order valence-corrected chi connectivity index (χ3v) is 3.34. The molecule has 0 saturated heterocycles. The van der Waals surface area contributed by atoms with Gasteiger partial charge in [-0.2, -0.15) is 0 Å². The molecule has 0 aromatic heterocycles. The van der Waals surface area contributed by atoms with Crippen LogP contribution in [-0.2, 0) is 0 Å². The van der Waals surface area contributed by atoms with Crippen molar-refractivity contribution >= 4 is 5.96 Å². The Hall–Kier alpha value is -2.29. The molecule has 0 fully saturated rings. The van der Waals surface area contributed by atoms with E-state index in [2.05, 4.69) is 64.2 Å². The van der Waals surface area contributed by atoms with Crippen molar-refractivity contribution < 1.29 is 0 Å². The number of benzene rings is 2. The van der Waals surface area contributed by atoms with E-state index in [9.17, 15) is 0 Å². The molecule has 0 aliphatic rings. The molecule has 0 unspecified atom stereocenters. The van der Waals surface area contributed by atoms with Crippen LogP contribution in [0.15, 0.2) is 65.7 Å². The van der Waals surface area contributed by atoms with Gasteiger partial charge in [0.25, 0.3) is 0 Å². The monoisotopic (exact) mass is 267 g/mol. The van der Waals surface area contributed by atoms with Crippen LogP contribution in [0.4, 0.5) is 0 Å². The lowest BCUT2D eigenvalue weighted by molar-refractivity contribution is 0.742. The Balaban J connectivity index is 2.22. The van der Waals surface area contributed by atoms with Gasteiger partial charge in [0.05, 0.1) is 0 Å². The smallest absolute Gasteiger partial charge is 0.190 e. The number of nitrogens with zero attached hydrogens (tertiary/aromatic N) is 1. The highest BCUT2D eigenvalue weighted by Gasteiger charge is 2.13. The molecule has 0 radical (unpaired) electrons. The van der Waals surface area contributed by atoms with Crippen LogP contribution in [0, 0.1) is 0 Å². The number of nitrogens with one attached hydrogen (secondary N) is 2. The van der Waals surface area contributed by atoms with E-state index >= 15 is 0 Å². The first-order valence-electron chi connectivity index (χ1n) is 6.83. The third kappa shape index (κ3) is 3.60. The average molecular weight is 267 g/mol. The molecule has 0 heterocycles. The maximum absolute atomic E-state index is 4.16. The largest absolute Gasteiger partial charge is 0.359 e. The maximum Gasteiger partial charge on any atom is 0.190 e. The van der Waals surface area contributed by atoms with Gasteiger partial charge in [0.1, 0.15) is 0 Å². The van der Waals surface area contributed by atoms with E-state index in [4.69, 9.17) is 0 Å². The van der Waals surface area contributed by atoms with E-state index < -0.39 is 0 Å². The maximum atomic E-state index is 4.16. The number of hydrogen-bond donors (Lipinski definition) is 2. The summed E-state index contributed by atoms with van der Waals surface area (Å²) in [6.45, 7) is 0.807. The molecule has 3 nitrogen and oxygen atoms in total. The number of aliphatic imine (C=N–C) groups is 1. The van der Waals surface area contributed by atoms with Gasteiger partial charge in [-0.1, -0.05) is 60.7 Å². The minimum absolute atomic E-state index is 0.308. The first kappa shape index (κ1) is 14.1. The molecule has 0 aliphatic carbocycles. The summed E-state index contributed by atoms with van der Waals surface area (Å²) in [7, 11) is 3.65. The van der Waals surface area contributed by atoms with E-state index in [1.807, 2.05) is 19.2 Å². The highest BCUT2D eigenvalue weighted by Crippen LogP contribution is 2.23. The Bertz CT molecular complexity index is 495. The molecule has 0 amide bonds. The fourth-order valence-electron chi connectivity index (χ4n) is 2.28. The van der Waals surface area contributed by atoms with Crippen LogP contribution in [-0.4, -0.2) is 26.6 Å². The Morgan fingerprint density at radius 2 is 1.45 bits per heavy atom. The lowest BCUT2D eigenvalue weighted by Gasteiger charge is -2.20. The minimum atomic E-state index is 0.308. The summed E-state index contributed by atoms with van der Waals surface area (Å²) >= 11 is 0. The second kappa shape index (κ2) is 7.34. The molecule has 104 valence electrons. The van der Waals surface area contributed by atoms with Crippen molar-refractivity contribution in [2.75, 3.05) is 20.6 Å². The number of guanidine groups is 1. The van der Waals surface area contributed by atoms with E-state index in [0.717, 1.165) is 12.5 Å². The van der Waals surface area contributed by atoms with Crippen molar-refractivity contribution in [3.63, 3.8) is 0 Å². The topological polar surface area (TPSA) is 36.4 Å². The van der Waals surface area contributed by atoms with Gasteiger partial charge in [0, 0.05) is 26.6 Å². The quantitative estimate of drug-likeness (QED) is 0.660. The van der Waals surface area contributed by atoms with E-state index in [1.165, 1.54) is 11.1 Å². The summed E-state index contributed by atoms with van der Waals surface area (Å²) in [5, 5.41) is 6.40. The second-order valence-corrected chi connectivity index (χ2v) is 4.58. The molecular weight excluding hydrogens is 246 g/mol. The minimum Gasteiger partial charge on any atom is -0.359 e. The van der Waals surface area contributed by atoms with Crippen molar-refractivity contribution in [1.82, 2.24) is 10.6 Å². The average Bonchev–Trinajstić information content (AvgIpc) is 2.53. The van der Waals surface area contributed by atoms with Crippen molar-refractivity contribution in [2.45, 2.75) is 5.92 Å². The van der Waals surface area contributed by atoms with Crippen molar-refractivity contribution in [1.29, 1.82) is 0 Å². The summed E-state index contributed by atoms with van der Waals surface area (Å²) in [6.07, 6.45) is 0. The Kier molecular flexibility index (Phi) is 5.18. The van der Waals surface area contributed by atoms with Gasteiger partial charge in [-0.05, 0) is 11.1 Å². The van der Waals surface area contributed by atoms with Crippen LogP contribution >= 0.6 is 0 Å². The first-order valence-corrected chi connectivity index (χ1v) is 6.83. The Labute approximate surface area is 120 Å². The molecule has 20 heavy (non-hydrogen) atoms. The van der Waals surface area contributed by atoms with Gasteiger partial charge in [0.2, 0.25) is 0 Å². The molecule has 2 aromatic carbocycles. The van der Waals surface area contributed by atoms with Crippen molar-refractivity contribution in [3.8, 4) is 0 Å². The Morgan fingerprint density at radius 1 is 0.950 bits per heavy atom. The molecule has 0 aliphatic heterocycles. The summed E-state index contributed by atoms with van der Waals surface area (Å²) in [5.74, 6) is 1.12. The van der Waals surface area contributed by atoms with Crippen LogP contribution in [0.25, 0.3) is 0 Å².